The van der Waals surface area contributed by atoms with Gasteiger partial charge in [-0.05, 0) is 43.2 Å². The minimum absolute atomic E-state index is 0.0572. The lowest BCUT2D eigenvalue weighted by Gasteiger charge is -2.37. The van der Waals surface area contributed by atoms with Gasteiger partial charge >= 0.3 is 0 Å². The van der Waals surface area contributed by atoms with Gasteiger partial charge in [0.2, 0.25) is 0 Å². The SMILES string of the molecule is C=C(C[C@H](C)C(=O)CCN(c1ccccc1C)C1CCCCC1)C(C)(C)C. The Labute approximate surface area is 167 Å². The van der Waals surface area contributed by atoms with Gasteiger partial charge < -0.3 is 4.90 Å². The Hall–Kier alpha value is -1.57. The number of benzene rings is 1. The number of hydrogen-bond donors (Lipinski definition) is 0. The Morgan fingerprint density at radius 3 is 2.41 bits per heavy atom. The molecule has 0 radical (unpaired) electrons. The topological polar surface area (TPSA) is 20.3 Å². The molecule has 0 spiro atoms. The molecule has 0 bridgehead atoms. The van der Waals surface area contributed by atoms with Crippen molar-refractivity contribution in [3.8, 4) is 0 Å². The largest absolute Gasteiger partial charge is 0.368 e. The summed E-state index contributed by atoms with van der Waals surface area (Å²) in [6.07, 6.45) is 7.89. The van der Waals surface area contributed by atoms with E-state index in [2.05, 4.69) is 70.4 Å². The number of anilines is 1. The molecule has 0 heterocycles. The summed E-state index contributed by atoms with van der Waals surface area (Å²) < 4.78 is 0. The molecule has 1 aromatic rings. The van der Waals surface area contributed by atoms with Crippen LogP contribution in [-0.4, -0.2) is 18.4 Å². The van der Waals surface area contributed by atoms with E-state index in [-0.39, 0.29) is 11.3 Å². The summed E-state index contributed by atoms with van der Waals surface area (Å²) in [6, 6.07) is 9.20. The van der Waals surface area contributed by atoms with Gasteiger partial charge in [-0.25, -0.2) is 0 Å². The highest BCUT2D eigenvalue weighted by Crippen LogP contribution is 2.31. The third-order valence-electron chi connectivity index (χ3n) is 6.20. The molecule has 1 aromatic carbocycles. The number of rotatable bonds is 8. The van der Waals surface area contributed by atoms with Crippen LogP contribution in [0.15, 0.2) is 36.4 Å². The molecule has 1 fully saturated rings. The number of carbonyl (C=O) groups excluding carboxylic acids is 1. The van der Waals surface area contributed by atoms with Crippen molar-refractivity contribution < 1.29 is 4.79 Å². The number of aryl methyl sites for hydroxylation is 1. The van der Waals surface area contributed by atoms with Crippen molar-refractivity contribution in [2.45, 2.75) is 85.6 Å². The second-order valence-corrected chi connectivity index (χ2v) is 9.45. The van der Waals surface area contributed by atoms with Crippen molar-refractivity contribution in [2.24, 2.45) is 11.3 Å². The van der Waals surface area contributed by atoms with Crippen molar-refractivity contribution in [2.75, 3.05) is 11.4 Å². The molecule has 1 atom stereocenters. The molecular weight excluding hydrogens is 330 g/mol. The first-order valence-corrected chi connectivity index (χ1v) is 10.7. The van der Waals surface area contributed by atoms with E-state index in [4.69, 9.17) is 0 Å². The van der Waals surface area contributed by atoms with Gasteiger partial charge in [-0.3, -0.25) is 4.79 Å². The molecular formula is C25H39NO. The zero-order chi connectivity index (χ0) is 20.0. The van der Waals surface area contributed by atoms with Crippen LogP contribution in [0.5, 0.6) is 0 Å². The molecule has 0 aliphatic heterocycles. The number of carbonyl (C=O) groups is 1. The first-order chi connectivity index (χ1) is 12.7. The van der Waals surface area contributed by atoms with Crippen molar-refractivity contribution in [3.63, 3.8) is 0 Å². The van der Waals surface area contributed by atoms with Crippen LogP contribution in [0.25, 0.3) is 0 Å². The lowest BCUT2D eigenvalue weighted by molar-refractivity contribution is -0.122. The van der Waals surface area contributed by atoms with E-state index >= 15 is 0 Å². The van der Waals surface area contributed by atoms with E-state index in [1.54, 1.807) is 0 Å². The number of nitrogens with zero attached hydrogens (tertiary/aromatic N) is 1. The number of para-hydroxylation sites is 1. The van der Waals surface area contributed by atoms with Gasteiger partial charge in [0.05, 0.1) is 0 Å². The first kappa shape index (κ1) is 21.7. The highest BCUT2D eigenvalue weighted by Gasteiger charge is 2.25. The fraction of sp³-hybridized carbons (Fsp3) is 0.640. The third-order valence-corrected chi connectivity index (χ3v) is 6.20. The smallest absolute Gasteiger partial charge is 0.137 e. The number of allylic oxidation sites excluding steroid dienone is 1. The Morgan fingerprint density at radius 1 is 1.19 bits per heavy atom. The molecule has 27 heavy (non-hydrogen) atoms. The summed E-state index contributed by atoms with van der Waals surface area (Å²) in [6.45, 7) is 15.8. The number of Topliss-reactive ketones (excluding diaryl/α,β-unsaturated/α-hetero) is 1. The Kier molecular flexibility index (Phi) is 7.70. The number of hydrogen-bond acceptors (Lipinski definition) is 2. The molecule has 1 aliphatic carbocycles. The summed E-state index contributed by atoms with van der Waals surface area (Å²) in [5.41, 5.74) is 3.86. The van der Waals surface area contributed by atoms with E-state index in [9.17, 15) is 4.79 Å². The summed E-state index contributed by atoms with van der Waals surface area (Å²) >= 11 is 0. The lowest BCUT2D eigenvalue weighted by atomic mass is 9.81. The van der Waals surface area contributed by atoms with Crippen molar-refractivity contribution in [3.05, 3.63) is 42.0 Å². The maximum atomic E-state index is 12.8. The molecule has 150 valence electrons. The van der Waals surface area contributed by atoms with Crippen LogP contribution < -0.4 is 4.90 Å². The van der Waals surface area contributed by atoms with Gasteiger partial charge in [0, 0.05) is 30.6 Å². The van der Waals surface area contributed by atoms with Gasteiger partial charge in [-0.15, -0.1) is 0 Å². The summed E-state index contributed by atoms with van der Waals surface area (Å²) in [7, 11) is 0. The van der Waals surface area contributed by atoms with Crippen LogP contribution in [0.2, 0.25) is 0 Å². The van der Waals surface area contributed by atoms with Gasteiger partial charge in [0.15, 0.2) is 0 Å². The summed E-state index contributed by atoms with van der Waals surface area (Å²) in [5.74, 6) is 0.427. The van der Waals surface area contributed by atoms with Crippen molar-refractivity contribution in [1.29, 1.82) is 0 Å². The Morgan fingerprint density at radius 2 is 1.81 bits per heavy atom. The molecule has 0 amide bonds. The average Bonchev–Trinajstić information content (AvgIpc) is 2.63. The standard InChI is InChI=1S/C25H39NO/c1-19-12-10-11-15-23(19)26(22-13-8-7-9-14-22)17-16-24(27)20(2)18-21(3)25(4,5)6/h10-12,15,20,22H,3,7-9,13-14,16-18H2,1-2,4-6H3/t20-/m0/s1. The highest BCUT2D eigenvalue weighted by atomic mass is 16.1. The molecule has 1 saturated carbocycles. The van der Waals surface area contributed by atoms with Crippen LogP contribution in [0.1, 0.15) is 78.2 Å². The van der Waals surface area contributed by atoms with Crippen LogP contribution in [0, 0.1) is 18.3 Å². The van der Waals surface area contributed by atoms with E-state index in [1.807, 2.05) is 0 Å². The van der Waals surface area contributed by atoms with Gasteiger partial charge in [-0.2, -0.15) is 0 Å². The second kappa shape index (κ2) is 9.57. The third kappa shape index (κ3) is 6.23. The zero-order valence-electron chi connectivity index (χ0n) is 18.2. The van der Waals surface area contributed by atoms with Crippen LogP contribution in [0.3, 0.4) is 0 Å². The molecule has 2 rings (SSSR count). The van der Waals surface area contributed by atoms with Crippen LogP contribution in [-0.2, 0) is 4.79 Å². The molecule has 1 aliphatic rings. The predicted molar refractivity (Wildman–Crippen MR) is 117 cm³/mol. The summed E-state index contributed by atoms with van der Waals surface area (Å²) in [4.78, 5) is 15.4. The molecule has 2 nitrogen and oxygen atoms in total. The molecule has 0 aromatic heterocycles. The fourth-order valence-corrected chi connectivity index (χ4v) is 4.04. The molecule has 0 unspecified atom stereocenters. The lowest BCUT2D eigenvalue weighted by Crippen LogP contribution is -2.39. The molecule has 2 heteroatoms. The fourth-order valence-electron chi connectivity index (χ4n) is 4.04. The molecule has 0 N–H and O–H groups in total. The quantitative estimate of drug-likeness (QED) is 0.474. The maximum Gasteiger partial charge on any atom is 0.137 e. The van der Waals surface area contributed by atoms with Crippen LogP contribution in [0.4, 0.5) is 5.69 Å². The van der Waals surface area contributed by atoms with E-state index in [0.717, 1.165) is 13.0 Å². The van der Waals surface area contributed by atoms with Crippen molar-refractivity contribution in [1.82, 2.24) is 0 Å². The second-order valence-electron chi connectivity index (χ2n) is 9.45. The minimum atomic E-state index is 0.0572. The Balaban J connectivity index is 2.04. The molecule has 0 saturated heterocycles. The first-order valence-electron chi connectivity index (χ1n) is 10.7. The normalized spacial score (nSPS) is 16.8. The van der Waals surface area contributed by atoms with Crippen molar-refractivity contribution >= 4 is 11.5 Å². The summed E-state index contributed by atoms with van der Waals surface area (Å²) in [5, 5.41) is 0. The van der Waals surface area contributed by atoms with E-state index < -0.39 is 0 Å². The Bertz CT molecular complexity index is 634. The highest BCUT2D eigenvalue weighted by molar-refractivity contribution is 5.81. The van der Waals surface area contributed by atoms with Gasteiger partial charge in [-0.1, -0.05) is 77.3 Å². The van der Waals surface area contributed by atoms with Gasteiger partial charge in [0.25, 0.3) is 0 Å². The van der Waals surface area contributed by atoms with E-state index in [0.29, 0.717) is 18.2 Å². The van der Waals surface area contributed by atoms with Crippen LogP contribution >= 0.6 is 0 Å². The van der Waals surface area contributed by atoms with E-state index in [1.165, 1.54) is 48.9 Å². The van der Waals surface area contributed by atoms with Gasteiger partial charge in [0.1, 0.15) is 5.78 Å². The minimum Gasteiger partial charge on any atom is -0.368 e. The monoisotopic (exact) mass is 369 g/mol. The maximum absolute atomic E-state index is 12.8. The zero-order valence-corrected chi connectivity index (χ0v) is 18.2. The number of ketones is 1. The average molecular weight is 370 g/mol. The predicted octanol–water partition coefficient (Wildman–Crippen LogP) is 6.72.